The Morgan fingerprint density at radius 1 is 1.33 bits per heavy atom. The minimum atomic E-state index is -0.133. The number of aliphatic imine (C=N–C) groups is 1. The number of nitrogens with zero attached hydrogens (tertiary/aromatic N) is 4. The Kier molecular flexibility index (Phi) is 4.02. The lowest BCUT2D eigenvalue weighted by molar-refractivity contribution is -0.218. The first-order valence-electron chi connectivity index (χ1n) is 6.41. The highest BCUT2D eigenvalue weighted by Gasteiger charge is 2.02. The fourth-order valence-electron chi connectivity index (χ4n) is 1.88. The number of aromatic nitrogens is 4. The van der Waals surface area contributed by atoms with Gasteiger partial charge in [-0.25, -0.2) is 0 Å². The molecule has 6 nitrogen and oxygen atoms in total. The number of benzene rings is 1. The standard InChI is InChI=1S/C14H13N5OS/c20-13(5-4-10-6-7-21-9-10)15-12-3-1-2-11(8-12)14-16-18-19-17-14/h1-3,6-9H,4-5H2,(H,15,20)(H,16,17,18,19)/p-1. The van der Waals surface area contributed by atoms with Crippen molar-refractivity contribution in [1.29, 1.82) is 0 Å². The van der Waals surface area contributed by atoms with Crippen LogP contribution in [0.3, 0.4) is 0 Å². The third-order valence-electron chi connectivity index (χ3n) is 2.91. The molecule has 0 amide bonds. The zero-order valence-electron chi connectivity index (χ0n) is 11.1. The summed E-state index contributed by atoms with van der Waals surface area (Å²) >= 11 is 1.63. The molecule has 0 bridgehead atoms. The fourth-order valence-corrected chi connectivity index (χ4v) is 2.59. The van der Waals surface area contributed by atoms with Gasteiger partial charge in [0.15, 0.2) is 0 Å². The number of H-pyrrole nitrogens is 1. The van der Waals surface area contributed by atoms with Crippen LogP contribution in [0.25, 0.3) is 11.4 Å². The van der Waals surface area contributed by atoms with E-state index < -0.39 is 0 Å². The molecule has 0 aliphatic heterocycles. The van der Waals surface area contributed by atoms with E-state index in [2.05, 4.69) is 25.6 Å². The monoisotopic (exact) mass is 298 g/mol. The molecule has 3 rings (SSSR count). The summed E-state index contributed by atoms with van der Waals surface area (Å²) in [6.45, 7) is 0. The Hall–Kier alpha value is -2.54. The molecule has 0 spiro atoms. The number of aryl methyl sites for hydroxylation is 1. The molecule has 0 unspecified atom stereocenters. The van der Waals surface area contributed by atoms with Crippen LogP contribution in [-0.2, 0) is 6.42 Å². The summed E-state index contributed by atoms with van der Waals surface area (Å²) in [6.07, 6.45) is 1.12. The van der Waals surface area contributed by atoms with Gasteiger partial charge in [0, 0.05) is 5.56 Å². The Morgan fingerprint density at radius 2 is 2.29 bits per heavy atom. The molecule has 106 valence electrons. The van der Waals surface area contributed by atoms with Crippen LogP contribution < -0.4 is 5.11 Å². The molecule has 7 heteroatoms. The van der Waals surface area contributed by atoms with Crippen LogP contribution in [0.2, 0.25) is 0 Å². The summed E-state index contributed by atoms with van der Waals surface area (Å²) in [7, 11) is 0. The van der Waals surface area contributed by atoms with Crippen molar-refractivity contribution >= 4 is 22.9 Å². The Labute approximate surface area is 125 Å². The van der Waals surface area contributed by atoms with Gasteiger partial charge in [-0.2, -0.15) is 16.6 Å². The SMILES string of the molecule is [O-]C(CCc1ccsc1)=Nc1cccc(-c2nn[nH]n2)c1. The summed E-state index contributed by atoms with van der Waals surface area (Å²) in [5, 5.41) is 29.7. The van der Waals surface area contributed by atoms with Crippen molar-refractivity contribution in [3.05, 3.63) is 46.7 Å². The first-order valence-corrected chi connectivity index (χ1v) is 7.35. The van der Waals surface area contributed by atoms with Crippen LogP contribution >= 0.6 is 11.3 Å². The number of tetrazole rings is 1. The molecule has 1 aromatic carbocycles. The first-order chi connectivity index (χ1) is 10.3. The highest BCUT2D eigenvalue weighted by atomic mass is 32.1. The second-order valence-electron chi connectivity index (χ2n) is 4.42. The molecular formula is C14H12N5OS-. The summed E-state index contributed by atoms with van der Waals surface area (Å²) in [5.41, 5.74) is 2.55. The van der Waals surface area contributed by atoms with Gasteiger partial charge in [0.25, 0.3) is 0 Å². The van der Waals surface area contributed by atoms with Gasteiger partial charge in [0.05, 0.1) is 5.69 Å². The number of thiophene rings is 1. The maximum absolute atomic E-state index is 11.9. The topological polar surface area (TPSA) is 89.9 Å². The maximum Gasteiger partial charge on any atom is 0.204 e. The Balaban J connectivity index is 1.71. The van der Waals surface area contributed by atoms with Crippen molar-refractivity contribution in [3.8, 4) is 11.4 Å². The van der Waals surface area contributed by atoms with Crippen LogP contribution in [0.1, 0.15) is 12.0 Å². The van der Waals surface area contributed by atoms with E-state index in [9.17, 15) is 5.11 Å². The van der Waals surface area contributed by atoms with Crippen LogP contribution in [-0.4, -0.2) is 26.5 Å². The largest absolute Gasteiger partial charge is 0.862 e. The summed E-state index contributed by atoms with van der Waals surface area (Å²) < 4.78 is 0. The van der Waals surface area contributed by atoms with Crippen molar-refractivity contribution < 1.29 is 5.11 Å². The molecule has 0 saturated carbocycles. The third kappa shape index (κ3) is 3.51. The number of rotatable bonds is 5. The Morgan fingerprint density at radius 3 is 3.05 bits per heavy atom. The minimum absolute atomic E-state index is 0.133. The van der Waals surface area contributed by atoms with Gasteiger partial charge in [0.2, 0.25) is 5.82 Å². The second-order valence-corrected chi connectivity index (χ2v) is 5.20. The van der Waals surface area contributed by atoms with Crippen LogP contribution in [0.15, 0.2) is 46.1 Å². The van der Waals surface area contributed by atoms with Crippen LogP contribution in [0.4, 0.5) is 5.69 Å². The second kappa shape index (κ2) is 6.27. The highest BCUT2D eigenvalue weighted by Crippen LogP contribution is 2.20. The number of nitrogens with one attached hydrogen (secondary N) is 1. The zero-order chi connectivity index (χ0) is 14.5. The summed E-state index contributed by atoms with van der Waals surface area (Å²) in [4.78, 5) is 4.11. The molecule has 2 aromatic heterocycles. The van der Waals surface area contributed by atoms with E-state index in [4.69, 9.17) is 0 Å². The molecule has 0 aliphatic carbocycles. The van der Waals surface area contributed by atoms with Gasteiger partial charge < -0.3 is 5.11 Å². The van der Waals surface area contributed by atoms with Gasteiger partial charge in [-0.3, -0.25) is 4.99 Å². The van der Waals surface area contributed by atoms with E-state index in [1.165, 1.54) is 5.56 Å². The predicted molar refractivity (Wildman–Crippen MR) is 79.3 cm³/mol. The highest BCUT2D eigenvalue weighted by molar-refractivity contribution is 7.07. The average molecular weight is 298 g/mol. The van der Waals surface area contributed by atoms with Gasteiger partial charge >= 0.3 is 0 Å². The van der Waals surface area contributed by atoms with Crippen LogP contribution in [0, 0.1) is 0 Å². The first kappa shape index (κ1) is 13.4. The lowest BCUT2D eigenvalue weighted by Crippen LogP contribution is -2.17. The van der Waals surface area contributed by atoms with Crippen molar-refractivity contribution in [2.45, 2.75) is 12.8 Å². The van der Waals surface area contributed by atoms with Crippen molar-refractivity contribution in [3.63, 3.8) is 0 Å². The average Bonchev–Trinajstić information content (AvgIpc) is 3.19. The molecule has 0 fully saturated rings. The molecule has 3 aromatic rings. The van der Waals surface area contributed by atoms with Gasteiger partial charge in [0.1, 0.15) is 0 Å². The normalized spacial score (nSPS) is 11.7. The van der Waals surface area contributed by atoms with Crippen molar-refractivity contribution in [2.75, 3.05) is 0 Å². The summed E-state index contributed by atoms with van der Waals surface area (Å²) in [6, 6.07) is 9.24. The molecule has 0 saturated heterocycles. The van der Waals surface area contributed by atoms with E-state index in [1.54, 1.807) is 23.5 Å². The number of hydrogen-bond acceptors (Lipinski definition) is 6. The smallest absolute Gasteiger partial charge is 0.204 e. The van der Waals surface area contributed by atoms with E-state index in [-0.39, 0.29) is 5.90 Å². The zero-order valence-corrected chi connectivity index (χ0v) is 11.9. The Bertz CT molecular complexity index is 722. The maximum atomic E-state index is 11.9. The van der Waals surface area contributed by atoms with E-state index in [0.29, 0.717) is 17.9 Å². The molecule has 21 heavy (non-hydrogen) atoms. The van der Waals surface area contributed by atoms with E-state index >= 15 is 0 Å². The van der Waals surface area contributed by atoms with Gasteiger partial charge in [-0.05, 0) is 58.5 Å². The summed E-state index contributed by atoms with van der Waals surface area (Å²) in [5.74, 6) is 0.351. The van der Waals surface area contributed by atoms with Gasteiger partial charge in [-0.15, -0.1) is 10.2 Å². The molecule has 1 N–H and O–H groups in total. The minimum Gasteiger partial charge on any atom is -0.862 e. The van der Waals surface area contributed by atoms with E-state index in [1.807, 2.05) is 29.0 Å². The molecular weight excluding hydrogens is 286 g/mol. The lowest BCUT2D eigenvalue weighted by atomic mass is 10.2. The molecule has 0 radical (unpaired) electrons. The molecule has 0 aliphatic rings. The molecule has 2 heterocycles. The number of hydrogen-bond donors (Lipinski definition) is 1. The lowest BCUT2D eigenvalue weighted by Gasteiger charge is -2.10. The van der Waals surface area contributed by atoms with Crippen molar-refractivity contribution in [1.82, 2.24) is 20.6 Å². The predicted octanol–water partition coefficient (Wildman–Crippen LogP) is 1.95. The van der Waals surface area contributed by atoms with Gasteiger partial charge in [-0.1, -0.05) is 12.1 Å². The number of aromatic amines is 1. The fraction of sp³-hybridized carbons (Fsp3) is 0.143. The van der Waals surface area contributed by atoms with Crippen molar-refractivity contribution in [2.24, 2.45) is 4.99 Å². The molecule has 0 atom stereocenters. The third-order valence-corrected chi connectivity index (χ3v) is 3.64. The van der Waals surface area contributed by atoms with Crippen LogP contribution in [0.5, 0.6) is 0 Å². The van der Waals surface area contributed by atoms with E-state index in [0.717, 1.165) is 12.0 Å². The quantitative estimate of drug-likeness (QED) is 0.576.